The Bertz CT molecular complexity index is 344. The summed E-state index contributed by atoms with van der Waals surface area (Å²) in [5, 5.41) is 11.4. The second-order valence-corrected chi connectivity index (χ2v) is 4.00. The number of hydrogen-bond donors (Lipinski definition) is 2. The number of halogens is 1. The lowest BCUT2D eigenvalue weighted by Gasteiger charge is -2.16. The fourth-order valence-corrected chi connectivity index (χ4v) is 1.44. The van der Waals surface area contributed by atoms with E-state index < -0.39 is 0 Å². The maximum atomic E-state index is 11.5. The molecule has 0 aliphatic heterocycles. The number of nitrogens with zero attached hydrogens (tertiary/aromatic N) is 1. The van der Waals surface area contributed by atoms with Gasteiger partial charge in [-0.2, -0.15) is 0 Å². The van der Waals surface area contributed by atoms with E-state index in [1.54, 1.807) is 13.1 Å². The first-order chi connectivity index (χ1) is 7.13. The van der Waals surface area contributed by atoms with E-state index in [0.29, 0.717) is 6.54 Å². The van der Waals surface area contributed by atoms with Gasteiger partial charge in [-0.1, -0.05) is 22.0 Å². The SMILES string of the molecule is CN(CCO)C(=O)Nc1cccc(Br)c1. The zero-order valence-electron chi connectivity index (χ0n) is 8.40. The highest BCUT2D eigenvalue weighted by Crippen LogP contribution is 2.15. The van der Waals surface area contributed by atoms with Gasteiger partial charge < -0.3 is 15.3 Å². The van der Waals surface area contributed by atoms with E-state index in [9.17, 15) is 4.79 Å². The van der Waals surface area contributed by atoms with E-state index >= 15 is 0 Å². The van der Waals surface area contributed by atoms with Crippen LogP contribution in [0.5, 0.6) is 0 Å². The molecule has 0 saturated carbocycles. The molecule has 0 heterocycles. The van der Waals surface area contributed by atoms with E-state index in [-0.39, 0.29) is 12.6 Å². The lowest BCUT2D eigenvalue weighted by atomic mass is 10.3. The zero-order valence-corrected chi connectivity index (χ0v) is 9.99. The molecule has 2 N–H and O–H groups in total. The Hall–Kier alpha value is -1.07. The summed E-state index contributed by atoms with van der Waals surface area (Å²) in [6.07, 6.45) is 0. The van der Waals surface area contributed by atoms with Crippen LogP contribution in [0, 0.1) is 0 Å². The summed E-state index contributed by atoms with van der Waals surface area (Å²) in [5.41, 5.74) is 0.721. The molecular weight excluding hydrogens is 260 g/mol. The van der Waals surface area contributed by atoms with Crippen LogP contribution >= 0.6 is 15.9 Å². The molecule has 0 saturated heterocycles. The maximum absolute atomic E-state index is 11.5. The van der Waals surface area contributed by atoms with Gasteiger partial charge in [0.15, 0.2) is 0 Å². The Labute approximate surface area is 97.0 Å². The average Bonchev–Trinajstić information content (AvgIpc) is 2.18. The quantitative estimate of drug-likeness (QED) is 0.883. The number of anilines is 1. The Morgan fingerprint density at radius 2 is 2.33 bits per heavy atom. The second kappa shape index (κ2) is 5.72. The highest BCUT2D eigenvalue weighted by Gasteiger charge is 2.07. The number of amides is 2. The van der Waals surface area contributed by atoms with Gasteiger partial charge in [0, 0.05) is 23.8 Å². The molecule has 0 fully saturated rings. The molecule has 0 radical (unpaired) electrons. The number of urea groups is 1. The monoisotopic (exact) mass is 272 g/mol. The Balaban J connectivity index is 2.58. The number of benzene rings is 1. The van der Waals surface area contributed by atoms with Crippen molar-refractivity contribution < 1.29 is 9.90 Å². The molecule has 2 amide bonds. The lowest BCUT2D eigenvalue weighted by molar-refractivity contribution is 0.202. The minimum atomic E-state index is -0.234. The van der Waals surface area contributed by atoms with Crippen molar-refractivity contribution in [3.63, 3.8) is 0 Å². The first-order valence-electron chi connectivity index (χ1n) is 4.52. The normalized spacial score (nSPS) is 9.80. The zero-order chi connectivity index (χ0) is 11.3. The van der Waals surface area contributed by atoms with Crippen molar-refractivity contribution in [2.45, 2.75) is 0 Å². The fourth-order valence-electron chi connectivity index (χ4n) is 1.04. The molecule has 0 atom stereocenters. The Morgan fingerprint density at radius 1 is 1.60 bits per heavy atom. The maximum Gasteiger partial charge on any atom is 0.321 e. The molecule has 0 aliphatic carbocycles. The van der Waals surface area contributed by atoms with Crippen molar-refractivity contribution in [3.8, 4) is 0 Å². The van der Waals surface area contributed by atoms with E-state index in [4.69, 9.17) is 5.11 Å². The summed E-state index contributed by atoms with van der Waals surface area (Å²) in [6, 6.07) is 7.10. The predicted octanol–water partition coefficient (Wildman–Crippen LogP) is 1.91. The predicted molar refractivity (Wildman–Crippen MR) is 62.9 cm³/mol. The van der Waals surface area contributed by atoms with Crippen molar-refractivity contribution in [3.05, 3.63) is 28.7 Å². The molecule has 4 nitrogen and oxygen atoms in total. The number of nitrogens with one attached hydrogen (secondary N) is 1. The summed E-state index contributed by atoms with van der Waals surface area (Å²) in [7, 11) is 1.63. The van der Waals surface area contributed by atoms with Gasteiger partial charge in [-0.15, -0.1) is 0 Å². The third-order valence-corrected chi connectivity index (χ3v) is 2.35. The third-order valence-electron chi connectivity index (χ3n) is 1.86. The van der Waals surface area contributed by atoms with Crippen LogP contribution in [0.3, 0.4) is 0 Å². The number of carbonyl (C=O) groups is 1. The van der Waals surface area contributed by atoms with Gasteiger partial charge in [0.1, 0.15) is 0 Å². The Kier molecular flexibility index (Phi) is 4.58. The molecule has 5 heteroatoms. The molecule has 1 rings (SSSR count). The minimum Gasteiger partial charge on any atom is -0.395 e. The van der Waals surface area contributed by atoms with E-state index in [0.717, 1.165) is 10.2 Å². The molecule has 0 unspecified atom stereocenters. The van der Waals surface area contributed by atoms with E-state index in [2.05, 4.69) is 21.2 Å². The largest absolute Gasteiger partial charge is 0.395 e. The van der Waals surface area contributed by atoms with Crippen LogP contribution in [0.4, 0.5) is 10.5 Å². The fraction of sp³-hybridized carbons (Fsp3) is 0.300. The second-order valence-electron chi connectivity index (χ2n) is 3.09. The van der Waals surface area contributed by atoms with E-state index in [1.807, 2.05) is 18.2 Å². The summed E-state index contributed by atoms with van der Waals surface area (Å²) < 4.78 is 0.908. The van der Waals surface area contributed by atoms with Crippen LogP contribution in [-0.2, 0) is 0 Å². The Morgan fingerprint density at radius 3 is 2.93 bits per heavy atom. The standard InChI is InChI=1S/C10H13BrN2O2/c1-13(5-6-14)10(15)12-9-4-2-3-8(11)7-9/h2-4,7,14H,5-6H2,1H3,(H,12,15). The third kappa shape index (κ3) is 3.89. The number of aliphatic hydroxyl groups excluding tert-OH is 1. The summed E-state index contributed by atoms with van der Waals surface area (Å²) >= 11 is 3.31. The van der Waals surface area contributed by atoms with Crippen molar-refractivity contribution >= 4 is 27.6 Å². The number of carbonyl (C=O) groups excluding carboxylic acids is 1. The molecule has 0 bridgehead atoms. The number of rotatable bonds is 3. The van der Waals surface area contributed by atoms with Gasteiger partial charge >= 0.3 is 6.03 Å². The van der Waals surface area contributed by atoms with Crippen LogP contribution < -0.4 is 5.32 Å². The molecule has 15 heavy (non-hydrogen) atoms. The summed E-state index contributed by atoms with van der Waals surface area (Å²) in [5.74, 6) is 0. The van der Waals surface area contributed by atoms with Gasteiger partial charge in [0.05, 0.1) is 6.61 Å². The van der Waals surface area contributed by atoms with Crippen LogP contribution in [0.15, 0.2) is 28.7 Å². The molecule has 1 aromatic rings. The summed E-state index contributed by atoms with van der Waals surface area (Å²) in [6.45, 7) is 0.280. The van der Waals surface area contributed by atoms with Crippen LogP contribution in [0.25, 0.3) is 0 Å². The molecule has 0 aromatic heterocycles. The highest BCUT2D eigenvalue weighted by molar-refractivity contribution is 9.10. The first-order valence-corrected chi connectivity index (χ1v) is 5.31. The topological polar surface area (TPSA) is 52.6 Å². The summed E-state index contributed by atoms with van der Waals surface area (Å²) in [4.78, 5) is 12.9. The number of hydrogen-bond acceptors (Lipinski definition) is 2. The average molecular weight is 273 g/mol. The van der Waals surface area contributed by atoms with Gasteiger partial charge in [0.2, 0.25) is 0 Å². The number of likely N-dealkylation sites (N-methyl/N-ethyl adjacent to an activating group) is 1. The minimum absolute atomic E-state index is 0.0393. The van der Waals surface area contributed by atoms with Crippen molar-refractivity contribution in [1.82, 2.24) is 4.90 Å². The van der Waals surface area contributed by atoms with Gasteiger partial charge in [-0.3, -0.25) is 0 Å². The van der Waals surface area contributed by atoms with Gasteiger partial charge in [-0.05, 0) is 18.2 Å². The molecular formula is C10H13BrN2O2. The van der Waals surface area contributed by atoms with Crippen LogP contribution in [-0.4, -0.2) is 36.2 Å². The smallest absolute Gasteiger partial charge is 0.321 e. The molecule has 0 spiro atoms. The number of aliphatic hydroxyl groups is 1. The first kappa shape index (κ1) is 12.0. The van der Waals surface area contributed by atoms with Crippen LogP contribution in [0.1, 0.15) is 0 Å². The highest BCUT2D eigenvalue weighted by atomic mass is 79.9. The lowest BCUT2D eigenvalue weighted by Crippen LogP contribution is -2.33. The van der Waals surface area contributed by atoms with Gasteiger partial charge in [0.25, 0.3) is 0 Å². The van der Waals surface area contributed by atoms with E-state index in [1.165, 1.54) is 4.90 Å². The van der Waals surface area contributed by atoms with Crippen molar-refractivity contribution in [2.24, 2.45) is 0 Å². The molecule has 82 valence electrons. The van der Waals surface area contributed by atoms with Crippen LogP contribution in [0.2, 0.25) is 0 Å². The van der Waals surface area contributed by atoms with Crippen molar-refractivity contribution in [2.75, 3.05) is 25.5 Å². The molecule has 0 aliphatic rings. The van der Waals surface area contributed by atoms with Crippen molar-refractivity contribution in [1.29, 1.82) is 0 Å². The molecule has 1 aromatic carbocycles. The van der Waals surface area contributed by atoms with Gasteiger partial charge in [-0.25, -0.2) is 4.79 Å².